The largest absolute Gasteiger partial charge is 0.497 e. The normalized spacial score (nSPS) is 9.83. The first kappa shape index (κ1) is 14.4. The molecular formula is C12H17N3O2S. The van der Waals surface area contributed by atoms with Gasteiger partial charge in [0.2, 0.25) is 5.12 Å². The summed E-state index contributed by atoms with van der Waals surface area (Å²) in [6.45, 7) is 0.547. The number of methoxy groups -OCH3 is 1. The second-order valence-electron chi connectivity index (χ2n) is 3.52. The fourth-order valence-electron chi connectivity index (χ4n) is 1.25. The van der Waals surface area contributed by atoms with Gasteiger partial charge in [-0.15, -0.1) is 0 Å². The fraction of sp³-hybridized carbons (Fsp3) is 0.333. The van der Waals surface area contributed by atoms with Crippen molar-refractivity contribution in [2.75, 3.05) is 19.4 Å². The van der Waals surface area contributed by atoms with Crippen molar-refractivity contribution in [2.45, 2.75) is 6.42 Å². The quantitative estimate of drug-likeness (QED) is 0.459. The fourth-order valence-corrected chi connectivity index (χ4v) is 2.01. The Balaban J connectivity index is 2.34. The number of carbonyl (C=O) groups excluding carboxylic acids is 1. The zero-order chi connectivity index (χ0) is 13.4. The molecule has 0 radical (unpaired) electrons. The summed E-state index contributed by atoms with van der Waals surface area (Å²) < 4.78 is 5.03. The first-order valence-electron chi connectivity index (χ1n) is 5.50. The molecule has 0 aromatic heterocycles. The molecule has 0 heterocycles. The summed E-state index contributed by atoms with van der Waals surface area (Å²) in [6.07, 6.45) is 0.768. The van der Waals surface area contributed by atoms with Crippen LogP contribution >= 0.6 is 11.8 Å². The highest BCUT2D eigenvalue weighted by Crippen LogP contribution is 2.17. The molecule has 1 rings (SSSR count). The Bertz CT molecular complexity index is 414. The Morgan fingerprint density at radius 1 is 1.33 bits per heavy atom. The van der Waals surface area contributed by atoms with Crippen molar-refractivity contribution >= 4 is 22.8 Å². The number of thioether (sulfide) groups is 1. The molecule has 5 nitrogen and oxygen atoms in total. The molecule has 1 aromatic rings. The SMILES string of the molecule is COc1ccc(C(=O)SCCCN=C(N)N)cc1. The minimum atomic E-state index is 0.0438. The van der Waals surface area contributed by atoms with Crippen LogP contribution in [0.4, 0.5) is 0 Å². The monoisotopic (exact) mass is 267 g/mol. The molecule has 0 saturated carbocycles. The first-order chi connectivity index (χ1) is 8.63. The number of carbonyl (C=O) groups is 1. The summed E-state index contributed by atoms with van der Waals surface area (Å²) in [6, 6.07) is 7.05. The Labute approximate surface area is 111 Å². The highest BCUT2D eigenvalue weighted by atomic mass is 32.2. The van der Waals surface area contributed by atoms with Gasteiger partial charge in [0, 0.05) is 17.9 Å². The van der Waals surface area contributed by atoms with Crippen LogP contribution in [0.5, 0.6) is 5.75 Å². The zero-order valence-electron chi connectivity index (χ0n) is 10.3. The van der Waals surface area contributed by atoms with E-state index in [-0.39, 0.29) is 11.1 Å². The van der Waals surface area contributed by atoms with E-state index < -0.39 is 0 Å². The number of hydrogen-bond acceptors (Lipinski definition) is 4. The molecule has 0 atom stereocenters. The van der Waals surface area contributed by atoms with Gasteiger partial charge in [-0.2, -0.15) is 0 Å². The summed E-state index contributed by atoms with van der Waals surface area (Å²) in [5, 5.41) is 0.0438. The first-order valence-corrected chi connectivity index (χ1v) is 6.48. The number of hydrogen-bond donors (Lipinski definition) is 2. The van der Waals surface area contributed by atoms with Gasteiger partial charge in [0.15, 0.2) is 5.96 Å². The van der Waals surface area contributed by atoms with Crippen molar-refractivity contribution < 1.29 is 9.53 Å². The lowest BCUT2D eigenvalue weighted by Gasteiger charge is -2.02. The summed E-state index contributed by atoms with van der Waals surface area (Å²) in [7, 11) is 1.59. The van der Waals surface area contributed by atoms with Crippen molar-refractivity contribution in [1.29, 1.82) is 0 Å². The number of benzene rings is 1. The van der Waals surface area contributed by atoms with Gasteiger partial charge in [0.1, 0.15) is 5.75 Å². The van der Waals surface area contributed by atoms with E-state index in [9.17, 15) is 4.79 Å². The van der Waals surface area contributed by atoms with E-state index >= 15 is 0 Å². The molecule has 0 unspecified atom stereocenters. The van der Waals surface area contributed by atoms with Crippen molar-refractivity contribution in [2.24, 2.45) is 16.5 Å². The third-order valence-electron chi connectivity index (χ3n) is 2.16. The predicted octanol–water partition coefficient (Wildman–Crippen LogP) is 1.23. The molecule has 4 N–H and O–H groups in total. The maximum atomic E-state index is 11.8. The van der Waals surface area contributed by atoms with Gasteiger partial charge in [0.05, 0.1) is 7.11 Å². The van der Waals surface area contributed by atoms with Crippen molar-refractivity contribution in [3.05, 3.63) is 29.8 Å². The molecule has 0 saturated heterocycles. The van der Waals surface area contributed by atoms with E-state index in [0.29, 0.717) is 17.9 Å². The highest BCUT2D eigenvalue weighted by Gasteiger charge is 2.06. The number of ether oxygens (including phenoxy) is 1. The minimum absolute atomic E-state index is 0.0438. The van der Waals surface area contributed by atoms with Crippen LogP contribution in [0.25, 0.3) is 0 Å². The van der Waals surface area contributed by atoms with Crippen LogP contribution in [-0.4, -0.2) is 30.5 Å². The number of aliphatic imine (C=N–C) groups is 1. The molecule has 18 heavy (non-hydrogen) atoms. The van der Waals surface area contributed by atoms with Crippen molar-refractivity contribution in [3.63, 3.8) is 0 Å². The predicted molar refractivity (Wildman–Crippen MR) is 75.1 cm³/mol. The second-order valence-corrected chi connectivity index (χ2v) is 4.59. The van der Waals surface area contributed by atoms with Gasteiger partial charge in [0.25, 0.3) is 0 Å². The van der Waals surface area contributed by atoms with Gasteiger partial charge >= 0.3 is 0 Å². The molecule has 0 aliphatic rings. The zero-order valence-corrected chi connectivity index (χ0v) is 11.1. The standard InChI is InChI=1S/C12H17N3O2S/c1-17-10-5-3-9(4-6-10)11(16)18-8-2-7-15-12(13)14/h3-6H,2,7-8H2,1H3,(H4,13,14,15). The minimum Gasteiger partial charge on any atom is -0.497 e. The Kier molecular flexibility index (Phi) is 6.07. The summed E-state index contributed by atoms with van der Waals surface area (Å²) in [4.78, 5) is 15.6. The van der Waals surface area contributed by atoms with Crippen LogP contribution in [0.15, 0.2) is 29.3 Å². The lowest BCUT2D eigenvalue weighted by Crippen LogP contribution is -2.23. The molecular weight excluding hydrogens is 250 g/mol. The summed E-state index contributed by atoms with van der Waals surface area (Å²) in [5.74, 6) is 1.52. The lowest BCUT2D eigenvalue weighted by atomic mass is 10.2. The average Bonchev–Trinajstić information content (AvgIpc) is 2.38. The number of rotatable bonds is 6. The average molecular weight is 267 g/mol. The molecule has 0 bridgehead atoms. The van der Waals surface area contributed by atoms with E-state index in [1.165, 1.54) is 11.8 Å². The van der Waals surface area contributed by atoms with E-state index in [2.05, 4.69) is 4.99 Å². The van der Waals surface area contributed by atoms with Crippen LogP contribution in [0.1, 0.15) is 16.8 Å². The van der Waals surface area contributed by atoms with E-state index in [0.717, 1.165) is 12.2 Å². The number of guanidine groups is 1. The van der Waals surface area contributed by atoms with Crippen LogP contribution in [0, 0.1) is 0 Å². The second kappa shape index (κ2) is 7.60. The Morgan fingerprint density at radius 2 is 2.00 bits per heavy atom. The topological polar surface area (TPSA) is 90.7 Å². The van der Waals surface area contributed by atoms with Gasteiger partial charge in [-0.25, -0.2) is 0 Å². The van der Waals surface area contributed by atoms with Crippen molar-refractivity contribution in [1.82, 2.24) is 0 Å². The molecule has 0 fully saturated rings. The molecule has 98 valence electrons. The maximum Gasteiger partial charge on any atom is 0.219 e. The number of nitrogens with two attached hydrogens (primary N) is 2. The molecule has 0 spiro atoms. The summed E-state index contributed by atoms with van der Waals surface area (Å²) >= 11 is 1.26. The van der Waals surface area contributed by atoms with E-state index in [1.807, 2.05) is 0 Å². The van der Waals surface area contributed by atoms with Gasteiger partial charge < -0.3 is 16.2 Å². The highest BCUT2D eigenvalue weighted by molar-refractivity contribution is 8.14. The van der Waals surface area contributed by atoms with E-state index in [4.69, 9.17) is 16.2 Å². The van der Waals surface area contributed by atoms with Crippen LogP contribution in [-0.2, 0) is 0 Å². The summed E-state index contributed by atoms with van der Waals surface area (Å²) in [5.41, 5.74) is 11.1. The Morgan fingerprint density at radius 3 is 2.56 bits per heavy atom. The molecule has 0 amide bonds. The van der Waals surface area contributed by atoms with Gasteiger partial charge in [-0.1, -0.05) is 11.8 Å². The maximum absolute atomic E-state index is 11.8. The molecule has 1 aromatic carbocycles. The molecule has 0 aliphatic heterocycles. The smallest absolute Gasteiger partial charge is 0.219 e. The lowest BCUT2D eigenvalue weighted by molar-refractivity contribution is 0.108. The van der Waals surface area contributed by atoms with Crippen molar-refractivity contribution in [3.8, 4) is 5.75 Å². The third kappa shape index (κ3) is 5.09. The van der Waals surface area contributed by atoms with E-state index in [1.54, 1.807) is 31.4 Å². The molecule has 6 heteroatoms. The van der Waals surface area contributed by atoms with Crippen LogP contribution in [0.2, 0.25) is 0 Å². The van der Waals surface area contributed by atoms with Gasteiger partial charge in [-0.3, -0.25) is 9.79 Å². The van der Waals surface area contributed by atoms with Gasteiger partial charge in [-0.05, 0) is 30.7 Å². The van der Waals surface area contributed by atoms with Crippen LogP contribution in [0.3, 0.4) is 0 Å². The molecule has 0 aliphatic carbocycles. The third-order valence-corrected chi connectivity index (χ3v) is 3.15. The number of nitrogens with zero attached hydrogens (tertiary/aromatic N) is 1. The Hall–Kier alpha value is -1.69. The van der Waals surface area contributed by atoms with Crippen LogP contribution < -0.4 is 16.2 Å².